The Balaban J connectivity index is 1.51. The Morgan fingerprint density at radius 2 is 2.00 bits per heavy atom. The van der Waals surface area contributed by atoms with Crippen molar-refractivity contribution < 1.29 is 4.74 Å². The number of allylic oxidation sites excluding steroid dienone is 3. The van der Waals surface area contributed by atoms with Gasteiger partial charge in [-0.25, -0.2) is 9.98 Å². The van der Waals surface area contributed by atoms with Gasteiger partial charge in [-0.05, 0) is 49.3 Å². The molecule has 31 heavy (non-hydrogen) atoms. The van der Waals surface area contributed by atoms with E-state index in [2.05, 4.69) is 21.4 Å². The molecule has 7 heteroatoms. The van der Waals surface area contributed by atoms with Crippen LogP contribution in [0.4, 0.5) is 5.69 Å². The van der Waals surface area contributed by atoms with E-state index in [0.717, 1.165) is 52.6 Å². The fourth-order valence-corrected chi connectivity index (χ4v) is 3.93. The van der Waals surface area contributed by atoms with Crippen molar-refractivity contribution in [2.24, 2.45) is 4.99 Å². The summed E-state index contributed by atoms with van der Waals surface area (Å²) in [4.78, 5) is 8.89. The fourth-order valence-electron chi connectivity index (χ4n) is 3.41. The highest BCUT2D eigenvalue weighted by atomic mass is 35.5. The first-order valence-electron chi connectivity index (χ1n) is 9.88. The van der Waals surface area contributed by atoms with Gasteiger partial charge in [-0.15, -0.1) is 0 Å². The summed E-state index contributed by atoms with van der Waals surface area (Å²) in [6.45, 7) is 1.96. The van der Waals surface area contributed by atoms with Crippen LogP contribution in [0.3, 0.4) is 0 Å². The van der Waals surface area contributed by atoms with Gasteiger partial charge in [0.15, 0.2) is 0 Å². The largest absolute Gasteiger partial charge is 0.494 e. The van der Waals surface area contributed by atoms with E-state index in [4.69, 9.17) is 27.9 Å². The number of amidine groups is 1. The SMILES string of the molecule is COc1cc(NC2=NC=CC(c3ccc(Cl)cc3Cl)=CCC2)ccc1-n1cnc(C)c1. The summed E-state index contributed by atoms with van der Waals surface area (Å²) >= 11 is 12.4. The van der Waals surface area contributed by atoms with Gasteiger partial charge in [-0.1, -0.05) is 35.3 Å². The van der Waals surface area contributed by atoms with Gasteiger partial charge in [0.1, 0.15) is 11.6 Å². The minimum absolute atomic E-state index is 0.623. The molecule has 0 bridgehead atoms. The second-order valence-electron chi connectivity index (χ2n) is 7.15. The topological polar surface area (TPSA) is 51.4 Å². The third-order valence-corrected chi connectivity index (χ3v) is 5.48. The minimum Gasteiger partial charge on any atom is -0.494 e. The van der Waals surface area contributed by atoms with Gasteiger partial charge in [0.05, 0.1) is 24.8 Å². The molecule has 4 rings (SSSR count). The summed E-state index contributed by atoms with van der Waals surface area (Å²) in [5.41, 5.74) is 4.78. The Morgan fingerprint density at radius 1 is 1.13 bits per heavy atom. The summed E-state index contributed by atoms with van der Waals surface area (Å²) in [7, 11) is 1.66. The number of rotatable bonds is 4. The molecule has 0 saturated heterocycles. The molecule has 1 aliphatic rings. The first-order chi connectivity index (χ1) is 15.0. The number of anilines is 1. The summed E-state index contributed by atoms with van der Waals surface area (Å²) in [5.74, 6) is 1.63. The highest BCUT2D eigenvalue weighted by Gasteiger charge is 2.10. The van der Waals surface area contributed by atoms with E-state index >= 15 is 0 Å². The Kier molecular flexibility index (Phi) is 6.44. The second kappa shape index (κ2) is 9.41. The number of ether oxygens (including phenoxy) is 1. The highest BCUT2D eigenvalue weighted by Crippen LogP contribution is 2.30. The molecule has 1 aliphatic heterocycles. The summed E-state index contributed by atoms with van der Waals surface area (Å²) in [6, 6.07) is 11.5. The van der Waals surface area contributed by atoms with Gasteiger partial charge in [0.2, 0.25) is 0 Å². The minimum atomic E-state index is 0.623. The third-order valence-electron chi connectivity index (χ3n) is 4.93. The normalized spacial score (nSPS) is 13.8. The lowest BCUT2D eigenvalue weighted by atomic mass is 10.0. The quantitative estimate of drug-likeness (QED) is 0.479. The van der Waals surface area contributed by atoms with Crippen molar-refractivity contribution >= 4 is 40.3 Å². The average Bonchev–Trinajstić information content (AvgIpc) is 3.16. The van der Waals surface area contributed by atoms with Gasteiger partial charge < -0.3 is 14.6 Å². The number of hydrogen-bond acceptors (Lipinski definition) is 4. The molecule has 0 unspecified atom stereocenters. The molecule has 1 N–H and O–H groups in total. The van der Waals surface area contributed by atoms with Crippen molar-refractivity contribution in [2.75, 3.05) is 12.4 Å². The van der Waals surface area contributed by atoms with E-state index in [1.807, 2.05) is 54.1 Å². The van der Waals surface area contributed by atoms with Crippen molar-refractivity contribution in [3.8, 4) is 11.4 Å². The molecule has 158 valence electrons. The Labute approximate surface area is 191 Å². The molecule has 2 heterocycles. The lowest BCUT2D eigenvalue weighted by Gasteiger charge is -2.14. The molecule has 5 nitrogen and oxygen atoms in total. The molecule has 0 fully saturated rings. The lowest BCUT2D eigenvalue weighted by molar-refractivity contribution is 0.413. The summed E-state index contributed by atoms with van der Waals surface area (Å²) in [5, 5.41) is 4.66. The van der Waals surface area contributed by atoms with Crippen molar-refractivity contribution in [1.29, 1.82) is 0 Å². The van der Waals surface area contributed by atoms with Crippen LogP contribution in [0.5, 0.6) is 5.75 Å². The van der Waals surface area contributed by atoms with Crippen LogP contribution >= 0.6 is 23.2 Å². The molecule has 0 aliphatic carbocycles. The van der Waals surface area contributed by atoms with E-state index in [0.29, 0.717) is 10.0 Å². The standard InChI is InChI=1S/C24H22Cl2N4O/c1-16-14-30(15-28-16)22-9-7-19(13-23(22)31-2)29-24-5-3-4-17(10-11-27-24)20-8-6-18(25)12-21(20)26/h4,6-15H,3,5H2,1-2H3,(H,27,29). The smallest absolute Gasteiger partial charge is 0.144 e. The van der Waals surface area contributed by atoms with Crippen LogP contribution in [0.15, 0.2) is 72.3 Å². The molecular weight excluding hydrogens is 431 g/mol. The van der Waals surface area contributed by atoms with Crippen LogP contribution in [-0.4, -0.2) is 22.5 Å². The Bertz CT molecular complexity index is 1190. The number of aliphatic imine (C=N–C) groups is 1. The molecule has 0 spiro atoms. The number of benzene rings is 2. The first kappa shape index (κ1) is 21.2. The van der Waals surface area contributed by atoms with Gasteiger partial charge in [-0.3, -0.25) is 0 Å². The number of imidazole rings is 1. The van der Waals surface area contributed by atoms with Gasteiger partial charge in [-0.2, -0.15) is 0 Å². The van der Waals surface area contributed by atoms with Crippen LogP contribution < -0.4 is 10.1 Å². The van der Waals surface area contributed by atoms with Crippen molar-refractivity contribution in [2.45, 2.75) is 19.8 Å². The second-order valence-corrected chi connectivity index (χ2v) is 7.99. The number of nitrogens with zero attached hydrogens (tertiary/aromatic N) is 3. The predicted octanol–water partition coefficient (Wildman–Crippen LogP) is 6.70. The van der Waals surface area contributed by atoms with Crippen LogP contribution in [-0.2, 0) is 0 Å². The monoisotopic (exact) mass is 452 g/mol. The number of nitrogens with one attached hydrogen (secondary N) is 1. The van der Waals surface area contributed by atoms with Crippen molar-refractivity contribution in [1.82, 2.24) is 9.55 Å². The number of methoxy groups -OCH3 is 1. The van der Waals surface area contributed by atoms with Crippen LogP contribution in [0.2, 0.25) is 10.0 Å². The van der Waals surface area contributed by atoms with Crippen LogP contribution in [0.1, 0.15) is 24.1 Å². The van der Waals surface area contributed by atoms with E-state index in [-0.39, 0.29) is 0 Å². The number of halogens is 2. The molecule has 3 aromatic rings. The molecule has 0 atom stereocenters. The van der Waals surface area contributed by atoms with E-state index in [1.165, 1.54) is 0 Å². The van der Waals surface area contributed by atoms with E-state index in [9.17, 15) is 0 Å². The first-order valence-corrected chi connectivity index (χ1v) is 10.6. The highest BCUT2D eigenvalue weighted by molar-refractivity contribution is 6.35. The predicted molar refractivity (Wildman–Crippen MR) is 129 cm³/mol. The van der Waals surface area contributed by atoms with Gasteiger partial charge in [0, 0.05) is 46.2 Å². The molecule has 1 aromatic heterocycles. The number of hydrogen-bond donors (Lipinski definition) is 1. The van der Waals surface area contributed by atoms with Crippen molar-refractivity contribution in [3.63, 3.8) is 0 Å². The van der Waals surface area contributed by atoms with E-state index < -0.39 is 0 Å². The van der Waals surface area contributed by atoms with Crippen LogP contribution in [0.25, 0.3) is 11.3 Å². The molecule has 2 aromatic carbocycles. The maximum atomic E-state index is 6.36. The maximum absolute atomic E-state index is 6.36. The zero-order valence-corrected chi connectivity index (χ0v) is 18.8. The number of aromatic nitrogens is 2. The van der Waals surface area contributed by atoms with Crippen LogP contribution in [0, 0.1) is 6.92 Å². The number of aryl methyl sites for hydroxylation is 1. The zero-order chi connectivity index (χ0) is 21.8. The third kappa shape index (κ3) is 5.01. The fraction of sp³-hybridized carbons (Fsp3) is 0.167. The molecule has 0 radical (unpaired) electrons. The Hall–Kier alpha value is -3.02. The summed E-state index contributed by atoms with van der Waals surface area (Å²) < 4.78 is 7.54. The van der Waals surface area contributed by atoms with E-state index in [1.54, 1.807) is 25.7 Å². The summed E-state index contributed by atoms with van der Waals surface area (Å²) in [6.07, 6.45) is 11.2. The van der Waals surface area contributed by atoms with Crippen molar-refractivity contribution in [3.05, 3.63) is 88.6 Å². The zero-order valence-electron chi connectivity index (χ0n) is 17.3. The molecule has 0 saturated carbocycles. The van der Waals surface area contributed by atoms with Gasteiger partial charge in [0.25, 0.3) is 0 Å². The van der Waals surface area contributed by atoms with Gasteiger partial charge >= 0.3 is 0 Å². The average molecular weight is 453 g/mol. The molecular formula is C24H22Cl2N4O. The lowest BCUT2D eigenvalue weighted by Crippen LogP contribution is -2.12. The molecule has 0 amide bonds. The Morgan fingerprint density at radius 3 is 2.74 bits per heavy atom. The maximum Gasteiger partial charge on any atom is 0.144 e.